The van der Waals surface area contributed by atoms with Gasteiger partial charge in [0.05, 0.1) is 11.6 Å². The molecular formula is C14H12F2N4O3. The van der Waals surface area contributed by atoms with E-state index in [9.17, 15) is 18.7 Å². The molecule has 0 radical (unpaired) electrons. The van der Waals surface area contributed by atoms with Gasteiger partial charge in [0.1, 0.15) is 5.69 Å². The molecule has 3 heterocycles. The van der Waals surface area contributed by atoms with E-state index in [1.54, 1.807) is 0 Å². The number of hydrogen-bond donors (Lipinski definition) is 3. The van der Waals surface area contributed by atoms with Crippen LogP contribution in [0.4, 0.5) is 14.5 Å². The van der Waals surface area contributed by atoms with Gasteiger partial charge in [0.2, 0.25) is 0 Å². The van der Waals surface area contributed by atoms with Crippen molar-refractivity contribution in [3.63, 3.8) is 0 Å². The summed E-state index contributed by atoms with van der Waals surface area (Å²) in [4.78, 5) is 17.7. The van der Waals surface area contributed by atoms with E-state index in [1.165, 1.54) is 17.2 Å². The molecular weight excluding hydrogens is 310 g/mol. The van der Waals surface area contributed by atoms with Crippen LogP contribution >= 0.6 is 0 Å². The van der Waals surface area contributed by atoms with E-state index in [1.807, 2.05) is 0 Å². The number of β-amino-alcohol motifs (C(OH)–C–C–N with tert-alkyl or cyclic N) is 1. The molecule has 0 aliphatic carbocycles. The van der Waals surface area contributed by atoms with Gasteiger partial charge in [0.15, 0.2) is 17.5 Å². The number of H-pyrrole nitrogens is 2. The van der Waals surface area contributed by atoms with E-state index >= 15 is 0 Å². The Morgan fingerprint density at radius 3 is 2.91 bits per heavy atom. The molecule has 0 bridgehead atoms. The lowest BCUT2D eigenvalue weighted by Crippen LogP contribution is -2.23. The van der Waals surface area contributed by atoms with E-state index in [0.29, 0.717) is 13.0 Å². The summed E-state index contributed by atoms with van der Waals surface area (Å²) >= 11 is 0. The summed E-state index contributed by atoms with van der Waals surface area (Å²) in [7, 11) is 0. The molecule has 120 valence electrons. The predicted octanol–water partition coefficient (Wildman–Crippen LogP) is 1.36. The van der Waals surface area contributed by atoms with Gasteiger partial charge in [-0.05, 0) is 6.42 Å². The quantitative estimate of drug-likeness (QED) is 0.662. The van der Waals surface area contributed by atoms with Crippen molar-refractivity contribution in [1.82, 2.24) is 15.1 Å². The van der Waals surface area contributed by atoms with Crippen LogP contribution in [-0.4, -0.2) is 39.4 Å². The Labute approximate surface area is 127 Å². The van der Waals surface area contributed by atoms with Gasteiger partial charge in [-0.3, -0.25) is 9.51 Å². The molecule has 1 aliphatic rings. The van der Waals surface area contributed by atoms with Crippen LogP contribution in [0, 0.1) is 11.6 Å². The van der Waals surface area contributed by atoms with Gasteiger partial charge in [0.25, 0.3) is 0 Å². The van der Waals surface area contributed by atoms with Gasteiger partial charge < -0.3 is 15.0 Å². The highest BCUT2D eigenvalue weighted by atomic mass is 19.1. The summed E-state index contributed by atoms with van der Waals surface area (Å²) < 4.78 is 33.7. The maximum atomic E-state index is 15.0. The molecule has 1 atom stereocenters. The van der Waals surface area contributed by atoms with Crippen LogP contribution in [0.1, 0.15) is 6.42 Å². The first-order valence-electron chi connectivity index (χ1n) is 7.03. The maximum Gasteiger partial charge on any atom is 0.439 e. The van der Waals surface area contributed by atoms with Crippen molar-refractivity contribution in [3.05, 3.63) is 34.4 Å². The zero-order valence-electron chi connectivity index (χ0n) is 11.8. The number of benzene rings is 1. The van der Waals surface area contributed by atoms with Crippen LogP contribution in [-0.2, 0) is 0 Å². The number of hydrogen-bond acceptors (Lipinski definition) is 5. The lowest BCUT2D eigenvalue weighted by Gasteiger charge is -2.19. The molecule has 1 fully saturated rings. The number of anilines is 1. The van der Waals surface area contributed by atoms with Crippen molar-refractivity contribution >= 4 is 16.6 Å². The zero-order valence-corrected chi connectivity index (χ0v) is 11.8. The lowest BCUT2D eigenvalue weighted by atomic mass is 10.1. The summed E-state index contributed by atoms with van der Waals surface area (Å²) in [6.07, 6.45) is 1.26. The lowest BCUT2D eigenvalue weighted by molar-refractivity contribution is 0.198. The van der Waals surface area contributed by atoms with Crippen molar-refractivity contribution < 1.29 is 18.4 Å². The summed E-state index contributed by atoms with van der Waals surface area (Å²) in [5.41, 5.74) is 0.312. The van der Waals surface area contributed by atoms with E-state index < -0.39 is 23.5 Å². The number of aromatic nitrogens is 3. The van der Waals surface area contributed by atoms with Crippen LogP contribution in [0.5, 0.6) is 0 Å². The molecule has 0 saturated carbocycles. The Hall–Kier alpha value is -2.68. The minimum Gasteiger partial charge on any atom is -0.391 e. The standard InChI is InChI=1S/C14H12F2N4O3/c15-8-3-9-10(7(4-17-9)13-18-14(22)23-19-13)11(16)12(8)20-2-1-6(21)5-20/h3-4,6,17,21H,1-2,5H2,(H,18,19,22). The minimum absolute atomic E-state index is 0.0548. The minimum atomic E-state index is -0.769. The average molecular weight is 322 g/mol. The van der Waals surface area contributed by atoms with Gasteiger partial charge in [-0.25, -0.2) is 13.6 Å². The first-order chi connectivity index (χ1) is 11.0. The third-order valence-electron chi connectivity index (χ3n) is 4.01. The fourth-order valence-electron chi connectivity index (χ4n) is 2.98. The molecule has 3 N–H and O–H groups in total. The second-order valence-corrected chi connectivity index (χ2v) is 5.48. The number of aliphatic hydroxyl groups is 1. The molecule has 1 aliphatic heterocycles. The first kappa shape index (κ1) is 13.9. The van der Waals surface area contributed by atoms with E-state index in [2.05, 4.69) is 19.6 Å². The summed E-state index contributed by atoms with van der Waals surface area (Å²) in [6.45, 7) is 0.529. The normalized spacial score (nSPS) is 18.2. The third kappa shape index (κ3) is 2.12. The van der Waals surface area contributed by atoms with E-state index in [4.69, 9.17) is 0 Å². The Bertz CT molecular complexity index is 945. The third-order valence-corrected chi connectivity index (χ3v) is 4.01. The molecule has 4 rings (SSSR count). The zero-order chi connectivity index (χ0) is 16.1. The van der Waals surface area contributed by atoms with Gasteiger partial charge in [-0.2, -0.15) is 0 Å². The average Bonchev–Trinajstić information content (AvgIpc) is 3.19. The smallest absolute Gasteiger partial charge is 0.391 e. The SMILES string of the molecule is O=c1[nH]c(-c2c[nH]c3cc(F)c(N4CCC(O)C4)c(F)c23)no1. The second-order valence-electron chi connectivity index (χ2n) is 5.48. The van der Waals surface area contributed by atoms with Gasteiger partial charge in [0, 0.05) is 36.3 Å². The molecule has 2 aromatic heterocycles. The molecule has 23 heavy (non-hydrogen) atoms. The molecule has 0 amide bonds. The molecule has 9 heteroatoms. The number of halogens is 2. The number of aromatic amines is 2. The topological polar surface area (TPSA) is 98.2 Å². The van der Waals surface area contributed by atoms with E-state index in [0.717, 1.165) is 0 Å². The number of fused-ring (bicyclic) bond motifs is 1. The molecule has 0 spiro atoms. The summed E-state index contributed by atoms with van der Waals surface area (Å²) in [6, 6.07) is 1.18. The van der Waals surface area contributed by atoms with Crippen LogP contribution < -0.4 is 10.7 Å². The van der Waals surface area contributed by atoms with Crippen molar-refractivity contribution in [1.29, 1.82) is 0 Å². The number of nitrogens with zero attached hydrogens (tertiary/aromatic N) is 2. The number of aliphatic hydroxyl groups excluding tert-OH is 1. The second kappa shape index (κ2) is 4.92. The number of rotatable bonds is 2. The molecule has 3 aromatic rings. The summed E-state index contributed by atoms with van der Waals surface area (Å²) in [5.74, 6) is -2.20. The van der Waals surface area contributed by atoms with Gasteiger partial charge in [-0.15, -0.1) is 0 Å². The molecule has 7 nitrogen and oxygen atoms in total. The van der Waals surface area contributed by atoms with Crippen LogP contribution in [0.15, 0.2) is 21.6 Å². The predicted molar refractivity (Wildman–Crippen MR) is 77.2 cm³/mol. The fourth-order valence-corrected chi connectivity index (χ4v) is 2.98. The fraction of sp³-hybridized carbons (Fsp3) is 0.286. The van der Waals surface area contributed by atoms with Crippen molar-refractivity contribution in [2.24, 2.45) is 0 Å². The van der Waals surface area contributed by atoms with E-state index in [-0.39, 0.29) is 34.5 Å². The van der Waals surface area contributed by atoms with Crippen molar-refractivity contribution in [3.8, 4) is 11.4 Å². The Morgan fingerprint density at radius 1 is 1.43 bits per heavy atom. The molecule has 1 aromatic carbocycles. The Morgan fingerprint density at radius 2 is 2.26 bits per heavy atom. The highest BCUT2D eigenvalue weighted by Gasteiger charge is 2.28. The highest BCUT2D eigenvalue weighted by molar-refractivity contribution is 5.96. The highest BCUT2D eigenvalue weighted by Crippen LogP contribution is 2.36. The largest absolute Gasteiger partial charge is 0.439 e. The van der Waals surface area contributed by atoms with Gasteiger partial charge in [-0.1, -0.05) is 5.16 Å². The summed E-state index contributed by atoms with van der Waals surface area (Å²) in [5, 5.41) is 13.2. The maximum absolute atomic E-state index is 15.0. The first-order valence-corrected chi connectivity index (χ1v) is 7.03. The van der Waals surface area contributed by atoms with Gasteiger partial charge >= 0.3 is 5.76 Å². The van der Waals surface area contributed by atoms with Crippen molar-refractivity contribution in [2.45, 2.75) is 12.5 Å². The molecule has 1 unspecified atom stereocenters. The van der Waals surface area contributed by atoms with Crippen LogP contribution in [0.2, 0.25) is 0 Å². The monoisotopic (exact) mass is 322 g/mol. The number of nitrogens with one attached hydrogen (secondary N) is 2. The van der Waals surface area contributed by atoms with Crippen LogP contribution in [0.25, 0.3) is 22.3 Å². The van der Waals surface area contributed by atoms with Crippen molar-refractivity contribution in [2.75, 3.05) is 18.0 Å². The Balaban J connectivity index is 1.93. The Kier molecular flexibility index (Phi) is 2.98. The molecule has 1 saturated heterocycles. The van der Waals surface area contributed by atoms with Crippen LogP contribution in [0.3, 0.4) is 0 Å².